The molecular formula is C9H6ClNO2S. The topological polar surface area (TPSA) is 43.1 Å². The Morgan fingerprint density at radius 3 is 2.79 bits per heavy atom. The Morgan fingerprint density at radius 1 is 1.50 bits per heavy atom. The molecule has 0 unspecified atom stereocenters. The van der Waals surface area contributed by atoms with Crippen LogP contribution in [0, 0.1) is 17.0 Å². The van der Waals surface area contributed by atoms with Gasteiger partial charge in [0.1, 0.15) is 0 Å². The van der Waals surface area contributed by atoms with Gasteiger partial charge < -0.3 is 0 Å². The minimum Gasteiger partial charge on any atom is -0.258 e. The Balaban J connectivity index is 2.86. The highest BCUT2D eigenvalue weighted by Crippen LogP contribution is 2.39. The second-order valence-corrected chi connectivity index (χ2v) is 4.31. The molecule has 0 fully saturated rings. The molecule has 14 heavy (non-hydrogen) atoms. The molecule has 0 saturated carbocycles. The molecule has 1 aromatic heterocycles. The van der Waals surface area contributed by atoms with Crippen LogP contribution in [-0.2, 0) is 0 Å². The summed E-state index contributed by atoms with van der Waals surface area (Å²) >= 11 is 7.06. The molecule has 0 atom stereocenters. The fourth-order valence-corrected chi connectivity index (χ4v) is 2.69. The van der Waals surface area contributed by atoms with Crippen LogP contribution in [0.2, 0.25) is 5.02 Å². The summed E-state index contributed by atoms with van der Waals surface area (Å²) in [5, 5.41) is 12.3. The van der Waals surface area contributed by atoms with Gasteiger partial charge in [-0.3, -0.25) is 10.1 Å². The molecule has 0 N–H and O–H groups in total. The van der Waals surface area contributed by atoms with Crippen molar-refractivity contribution >= 4 is 38.0 Å². The number of hydrogen-bond donors (Lipinski definition) is 0. The van der Waals surface area contributed by atoms with E-state index in [0.29, 0.717) is 10.6 Å². The van der Waals surface area contributed by atoms with E-state index in [4.69, 9.17) is 11.6 Å². The van der Waals surface area contributed by atoms with Crippen LogP contribution in [0.4, 0.5) is 5.00 Å². The molecule has 2 rings (SSSR count). The van der Waals surface area contributed by atoms with Crippen molar-refractivity contribution in [2.24, 2.45) is 0 Å². The Labute approximate surface area is 89.1 Å². The molecule has 0 saturated heterocycles. The van der Waals surface area contributed by atoms with E-state index in [1.54, 1.807) is 19.1 Å². The molecule has 2 aromatic rings. The molecule has 5 heteroatoms. The van der Waals surface area contributed by atoms with Crippen LogP contribution in [0.1, 0.15) is 5.56 Å². The maximum absolute atomic E-state index is 10.7. The van der Waals surface area contributed by atoms with Crippen LogP contribution in [-0.4, -0.2) is 4.92 Å². The molecule has 0 radical (unpaired) electrons. The SMILES string of the molecule is Cc1c([N+](=O)[O-])sc2c(Cl)cccc12. The van der Waals surface area contributed by atoms with Crippen LogP contribution in [0.25, 0.3) is 10.1 Å². The third-order valence-corrected chi connectivity index (χ3v) is 3.78. The first-order valence-electron chi connectivity index (χ1n) is 3.93. The van der Waals surface area contributed by atoms with Crippen LogP contribution in [0.15, 0.2) is 18.2 Å². The Bertz CT molecular complexity index is 521. The largest absolute Gasteiger partial charge is 0.328 e. The van der Waals surface area contributed by atoms with Crippen LogP contribution >= 0.6 is 22.9 Å². The van der Waals surface area contributed by atoms with E-state index in [-0.39, 0.29) is 9.92 Å². The Morgan fingerprint density at radius 2 is 2.21 bits per heavy atom. The highest BCUT2D eigenvalue weighted by atomic mass is 35.5. The van der Waals surface area contributed by atoms with Crippen LogP contribution in [0.3, 0.4) is 0 Å². The number of halogens is 1. The molecule has 0 aliphatic carbocycles. The Kier molecular flexibility index (Phi) is 2.17. The predicted octanol–water partition coefficient (Wildman–Crippen LogP) is 3.77. The summed E-state index contributed by atoms with van der Waals surface area (Å²) in [6.45, 7) is 1.74. The van der Waals surface area contributed by atoms with Gasteiger partial charge in [0.2, 0.25) is 0 Å². The van der Waals surface area contributed by atoms with E-state index in [0.717, 1.165) is 21.4 Å². The van der Waals surface area contributed by atoms with E-state index in [2.05, 4.69) is 0 Å². The van der Waals surface area contributed by atoms with Gasteiger partial charge in [-0.25, -0.2) is 0 Å². The first-order chi connectivity index (χ1) is 6.61. The molecule has 72 valence electrons. The lowest BCUT2D eigenvalue weighted by Crippen LogP contribution is -1.84. The van der Waals surface area contributed by atoms with Crippen molar-refractivity contribution in [3.05, 3.63) is 38.9 Å². The highest BCUT2D eigenvalue weighted by molar-refractivity contribution is 7.23. The zero-order valence-electron chi connectivity index (χ0n) is 7.28. The number of nitro groups is 1. The van der Waals surface area contributed by atoms with Gasteiger partial charge in [-0.1, -0.05) is 35.1 Å². The quantitative estimate of drug-likeness (QED) is 0.550. The van der Waals surface area contributed by atoms with Gasteiger partial charge in [-0.2, -0.15) is 0 Å². The van der Waals surface area contributed by atoms with Gasteiger partial charge in [-0.15, -0.1) is 0 Å². The summed E-state index contributed by atoms with van der Waals surface area (Å²) in [6, 6.07) is 5.39. The van der Waals surface area contributed by atoms with Crippen LogP contribution < -0.4 is 0 Å². The summed E-state index contributed by atoms with van der Waals surface area (Å²) in [5.74, 6) is 0. The number of nitrogens with zero attached hydrogens (tertiary/aromatic N) is 1. The molecule has 0 aliphatic heterocycles. The lowest BCUT2D eigenvalue weighted by atomic mass is 10.2. The lowest BCUT2D eigenvalue weighted by molar-refractivity contribution is -0.380. The van der Waals surface area contributed by atoms with E-state index >= 15 is 0 Å². The summed E-state index contributed by atoms with van der Waals surface area (Å²) in [6.07, 6.45) is 0. The molecule has 0 bridgehead atoms. The first-order valence-corrected chi connectivity index (χ1v) is 5.12. The first kappa shape index (κ1) is 9.43. The van der Waals surface area contributed by atoms with Crippen molar-refractivity contribution in [2.75, 3.05) is 0 Å². The fourth-order valence-electron chi connectivity index (χ4n) is 1.37. The van der Waals surface area contributed by atoms with Crippen molar-refractivity contribution in [3.63, 3.8) is 0 Å². The maximum atomic E-state index is 10.7. The van der Waals surface area contributed by atoms with Crippen molar-refractivity contribution in [1.29, 1.82) is 0 Å². The lowest BCUT2D eigenvalue weighted by Gasteiger charge is -1.91. The van der Waals surface area contributed by atoms with Gasteiger partial charge in [0.25, 0.3) is 0 Å². The zero-order chi connectivity index (χ0) is 10.3. The fraction of sp³-hybridized carbons (Fsp3) is 0.111. The van der Waals surface area contributed by atoms with Gasteiger partial charge >= 0.3 is 5.00 Å². The molecule has 1 heterocycles. The monoisotopic (exact) mass is 227 g/mol. The smallest absolute Gasteiger partial charge is 0.258 e. The summed E-state index contributed by atoms with van der Waals surface area (Å²) in [7, 11) is 0. The summed E-state index contributed by atoms with van der Waals surface area (Å²) in [5.41, 5.74) is 0.692. The summed E-state index contributed by atoms with van der Waals surface area (Å²) < 4.78 is 0.790. The average molecular weight is 228 g/mol. The molecular weight excluding hydrogens is 222 g/mol. The second kappa shape index (κ2) is 3.22. The number of aryl methyl sites for hydroxylation is 1. The molecule has 3 nitrogen and oxygen atoms in total. The Hall–Kier alpha value is -1.13. The standard InChI is InChI=1S/C9H6ClNO2S/c1-5-6-3-2-4-7(10)8(6)14-9(5)11(12)13/h2-4H,1H3. The number of hydrogen-bond acceptors (Lipinski definition) is 3. The van der Waals surface area contributed by atoms with Gasteiger partial charge in [0, 0.05) is 10.9 Å². The third kappa shape index (κ3) is 1.27. The average Bonchev–Trinajstić information content (AvgIpc) is 2.46. The maximum Gasteiger partial charge on any atom is 0.328 e. The van der Waals surface area contributed by atoms with E-state index in [1.165, 1.54) is 0 Å². The molecule has 0 amide bonds. The minimum atomic E-state index is -0.365. The predicted molar refractivity (Wildman–Crippen MR) is 58.2 cm³/mol. The zero-order valence-corrected chi connectivity index (χ0v) is 8.85. The number of benzene rings is 1. The van der Waals surface area contributed by atoms with E-state index < -0.39 is 0 Å². The molecule has 0 spiro atoms. The number of thiophene rings is 1. The van der Waals surface area contributed by atoms with Crippen molar-refractivity contribution in [3.8, 4) is 0 Å². The normalized spacial score (nSPS) is 10.7. The van der Waals surface area contributed by atoms with Crippen molar-refractivity contribution in [1.82, 2.24) is 0 Å². The number of fused-ring (bicyclic) bond motifs is 1. The van der Waals surface area contributed by atoms with Crippen LogP contribution in [0.5, 0.6) is 0 Å². The summed E-state index contributed by atoms with van der Waals surface area (Å²) in [4.78, 5) is 10.3. The van der Waals surface area contributed by atoms with E-state index in [9.17, 15) is 10.1 Å². The van der Waals surface area contributed by atoms with Gasteiger partial charge in [-0.05, 0) is 13.0 Å². The second-order valence-electron chi connectivity index (χ2n) is 2.91. The van der Waals surface area contributed by atoms with Gasteiger partial charge in [0.15, 0.2) is 0 Å². The molecule has 0 aliphatic rings. The number of rotatable bonds is 1. The van der Waals surface area contributed by atoms with Crippen molar-refractivity contribution < 1.29 is 4.92 Å². The van der Waals surface area contributed by atoms with Crippen molar-refractivity contribution in [2.45, 2.75) is 6.92 Å². The van der Waals surface area contributed by atoms with Gasteiger partial charge in [0.05, 0.1) is 14.6 Å². The third-order valence-electron chi connectivity index (χ3n) is 2.06. The minimum absolute atomic E-state index is 0.174. The van der Waals surface area contributed by atoms with E-state index in [1.807, 2.05) is 6.07 Å². The molecule has 1 aromatic carbocycles. The highest BCUT2D eigenvalue weighted by Gasteiger charge is 2.18.